The average Bonchev–Trinajstić information content (AvgIpc) is 2.93. The van der Waals surface area contributed by atoms with Crippen LogP contribution in [-0.4, -0.2) is 23.6 Å². The van der Waals surface area contributed by atoms with Crippen LogP contribution >= 0.6 is 11.3 Å². The molecule has 0 aliphatic heterocycles. The van der Waals surface area contributed by atoms with Crippen molar-refractivity contribution in [3.05, 3.63) is 29.1 Å². The quantitative estimate of drug-likeness (QED) is 0.628. The summed E-state index contributed by atoms with van der Waals surface area (Å²) in [5.41, 5.74) is 2.42. The summed E-state index contributed by atoms with van der Waals surface area (Å²) in [7, 11) is 0. The lowest BCUT2D eigenvalue weighted by Crippen LogP contribution is -2.34. The lowest BCUT2D eigenvalue weighted by Gasteiger charge is -2.26. The van der Waals surface area contributed by atoms with Crippen molar-refractivity contribution < 1.29 is 14.8 Å². The summed E-state index contributed by atoms with van der Waals surface area (Å²) in [6, 6.07) is 7.48. The average molecular weight is 348 g/mol. The van der Waals surface area contributed by atoms with E-state index in [1.807, 2.05) is 30.0 Å². The number of nitrogens with zero attached hydrogens (tertiary/aromatic N) is 1. The third-order valence-electron chi connectivity index (χ3n) is 3.57. The molecule has 24 heavy (non-hydrogen) atoms. The maximum Gasteiger partial charge on any atom is 0.284 e. The number of hydrogen-bond acceptors (Lipinski definition) is 4. The molecule has 0 fully saturated rings. The molecule has 2 aromatic rings. The van der Waals surface area contributed by atoms with Crippen LogP contribution in [0.3, 0.4) is 0 Å². The van der Waals surface area contributed by atoms with Crippen molar-refractivity contribution in [1.29, 1.82) is 0 Å². The Morgan fingerprint density at radius 1 is 1.25 bits per heavy atom. The van der Waals surface area contributed by atoms with E-state index in [-0.39, 0.29) is 11.3 Å². The maximum atomic E-state index is 12.7. The minimum Gasteiger partial charge on any atom is -0.312 e. The number of thiophene rings is 1. The van der Waals surface area contributed by atoms with Gasteiger partial charge in [-0.1, -0.05) is 27.7 Å². The summed E-state index contributed by atoms with van der Waals surface area (Å²) >= 11 is 1.31. The minimum atomic E-state index is -0.521. The van der Waals surface area contributed by atoms with Crippen LogP contribution < -0.4 is 10.4 Å². The number of carbonyl (C=O) groups excluding carboxylic acids is 2. The van der Waals surface area contributed by atoms with Crippen LogP contribution in [0.4, 0.5) is 5.69 Å². The number of hydroxylamine groups is 1. The second-order valence-corrected chi connectivity index (χ2v) is 8.14. The molecule has 2 amide bonds. The van der Waals surface area contributed by atoms with Crippen molar-refractivity contribution in [2.45, 2.75) is 40.5 Å². The van der Waals surface area contributed by atoms with E-state index in [9.17, 15) is 9.59 Å². The third kappa shape index (κ3) is 4.33. The number of amides is 2. The molecule has 0 unspecified atom stereocenters. The zero-order valence-electron chi connectivity index (χ0n) is 14.5. The molecule has 0 atom stereocenters. The van der Waals surface area contributed by atoms with Crippen LogP contribution in [0.2, 0.25) is 0 Å². The molecule has 0 radical (unpaired) electrons. The fourth-order valence-corrected chi connectivity index (χ4v) is 3.47. The van der Waals surface area contributed by atoms with Gasteiger partial charge in [0.2, 0.25) is 5.91 Å². The zero-order valence-corrected chi connectivity index (χ0v) is 15.4. The third-order valence-corrected chi connectivity index (χ3v) is 4.68. The van der Waals surface area contributed by atoms with Crippen LogP contribution in [0, 0.1) is 5.41 Å². The van der Waals surface area contributed by atoms with Crippen molar-refractivity contribution in [2.24, 2.45) is 5.41 Å². The van der Waals surface area contributed by atoms with Gasteiger partial charge in [-0.05, 0) is 41.5 Å². The van der Waals surface area contributed by atoms with Gasteiger partial charge < -0.3 is 4.90 Å². The van der Waals surface area contributed by atoms with Gasteiger partial charge in [0.15, 0.2) is 0 Å². The summed E-state index contributed by atoms with van der Waals surface area (Å²) < 4.78 is 0.942. The topological polar surface area (TPSA) is 69.6 Å². The maximum absolute atomic E-state index is 12.7. The lowest BCUT2D eigenvalue weighted by atomic mass is 9.91. The first-order valence-electron chi connectivity index (χ1n) is 8.03. The lowest BCUT2D eigenvalue weighted by molar-refractivity contribution is -0.120. The number of rotatable bonds is 5. The molecular formula is C18H24N2O3S. The van der Waals surface area contributed by atoms with Gasteiger partial charge >= 0.3 is 0 Å². The Morgan fingerprint density at radius 3 is 2.54 bits per heavy atom. The highest BCUT2D eigenvalue weighted by Crippen LogP contribution is 2.31. The molecule has 1 aromatic carbocycles. The Morgan fingerprint density at radius 2 is 1.96 bits per heavy atom. The van der Waals surface area contributed by atoms with E-state index in [4.69, 9.17) is 5.21 Å². The van der Waals surface area contributed by atoms with Gasteiger partial charge in [0.05, 0.1) is 4.88 Å². The minimum absolute atomic E-state index is 0.0675. The molecule has 130 valence electrons. The predicted octanol–water partition coefficient (Wildman–Crippen LogP) is 4.20. The number of carbonyl (C=O) groups is 2. The number of nitrogens with one attached hydrogen (secondary N) is 1. The van der Waals surface area contributed by atoms with Crippen molar-refractivity contribution >= 4 is 38.9 Å². The van der Waals surface area contributed by atoms with E-state index in [0.29, 0.717) is 17.8 Å². The molecule has 2 rings (SSSR count). The van der Waals surface area contributed by atoms with E-state index >= 15 is 0 Å². The fourth-order valence-electron chi connectivity index (χ4n) is 2.54. The first kappa shape index (κ1) is 18.4. The second-order valence-electron chi connectivity index (χ2n) is 7.06. The number of fused-ring (bicyclic) bond motifs is 1. The van der Waals surface area contributed by atoms with Gasteiger partial charge in [-0.3, -0.25) is 14.8 Å². The molecule has 0 aliphatic carbocycles. The SMILES string of the molecule is CCCN(C(=O)CC(C)(C)C)c1ccc2sc(C(=O)NO)cc2c1. The number of hydrogen-bond donors (Lipinski definition) is 2. The molecule has 0 bridgehead atoms. The molecule has 1 aromatic heterocycles. The molecule has 6 heteroatoms. The number of anilines is 1. The van der Waals surface area contributed by atoms with Crippen molar-refractivity contribution in [1.82, 2.24) is 5.48 Å². The fraction of sp³-hybridized carbons (Fsp3) is 0.444. The highest BCUT2D eigenvalue weighted by Gasteiger charge is 2.22. The molecular weight excluding hydrogens is 324 g/mol. The van der Waals surface area contributed by atoms with Gasteiger partial charge in [0.1, 0.15) is 0 Å². The van der Waals surface area contributed by atoms with Crippen molar-refractivity contribution in [3.8, 4) is 0 Å². The predicted molar refractivity (Wildman–Crippen MR) is 97.8 cm³/mol. The van der Waals surface area contributed by atoms with Gasteiger partial charge in [0.25, 0.3) is 5.91 Å². The van der Waals surface area contributed by atoms with Crippen LogP contribution in [0.15, 0.2) is 24.3 Å². The Balaban J connectivity index is 2.36. The monoisotopic (exact) mass is 348 g/mol. The Labute approximate surface area is 146 Å². The van der Waals surface area contributed by atoms with Crippen LogP contribution in [0.5, 0.6) is 0 Å². The molecule has 0 spiro atoms. The van der Waals surface area contributed by atoms with Gasteiger partial charge in [-0.2, -0.15) is 0 Å². The smallest absolute Gasteiger partial charge is 0.284 e. The summed E-state index contributed by atoms with van der Waals surface area (Å²) in [5, 5.41) is 9.65. The molecule has 5 nitrogen and oxygen atoms in total. The Bertz CT molecular complexity index is 746. The van der Waals surface area contributed by atoms with E-state index < -0.39 is 5.91 Å². The Hall–Kier alpha value is -1.92. The van der Waals surface area contributed by atoms with Crippen LogP contribution in [-0.2, 0) is 4.79 Å². The summed E-state index contributed by atoms with van der Waals surface area (Å²) in [4.78, 5) is 26.5. The van der Waals surface area contributed by atoms with Crippen molar-refractivity contribution in [2.75, 3.05) is 11.4 Å². The summed E-state index contributed by atoms with van der Waals surface area (Å²) in [5.74, 6) is -0.417. The zero-order chi connectivity index (χ0) is 17.9. The van der Waals surface area contributed by atoms with Gasteiger partial charge in [-0.25, -0.2) is 5.48 Å². The van der Waals surface area contributed by atoms with E-state index in [2.05, 4.69) is 20.8 Å². The Kier molecular flexibility index (Phi) is 5.62. The van der Waals surface area contributed by atoms with E-state index in [1.54, 1.807) is 11.5 Å². The molecule has 2 N–H and O–H groups in total. The summed E-state index contributed by atoms with van der Waals surface area (Å²) in [6.07, 6.45) is 1.35. The van der Waals surface area contributed by atoms with E-state index in [1.165, 1.54) is 11.3 Å². The van der Waals surface area contributed by atoms with Crippen molar-refractivity contribution in [3.63, 3.8) is 0 Å². The first-order valence-corrected chi connectivity index (χ1v) is 8.85. The number of benzene rings is 1. The normalized spacial score (nSPS) is 11.5. The largest absolute Gasteiger partial charge is 0.312 e. The highest BCUT2D eigenvalue weighted by atomic mass is 32.1. The first-order chi connectivity index (χ1) is 11.2. The van der Waals surface area contributed by atoms with Crippen LogP contribution in [0.25, 0.3) is 10.1 Å². The molecule has 0 saturated carbocycles. The van der Waals surface area contributed by atoms with Crippen LogP contribution in [0.1, 0.15) is 50.2 Å². The molecule has 0 aliphatic rings. The van der Waals surface area contributed by atoms with Gasteiger partial charge in [-0.15, -0.1) is 11.3 Å². The summed E-state index contributed by atoms with van der Waals surface area (Å²) in [6.45, 7) is 8.86. The standard InChI is InChI=1S/C18H24N2O3S/c1-5-8-20(16(21)11-18(2,3)4)13-6-7-14-12(9-13)10-15(24-14)17(22)19-23/h6-7,9-10,23H,5,8,11H2,1-4H3,(H,19,22). The highest BCUT2D eigenvalue weighted by molar-refractivity contribution is 7.20. The molecule has 0 saturated heterocycles. The van der Waals surface area contributed by atoms with Gasteiger partial charge in [0, 0.05) is 23.4 Å². The second kappa shape index (κ2) is 7.32. The molecule has 1 heterocycles. The van der Waals surface area contributed by atoms with E-state index in [0.717, 1.165) is 22.2 Å².